The number of unbranched alkanes of at least 4 members (excludes halogenated alkanes) is 29. The molecule has 0 aliphatic heterocycles. The molecule has 0 aromatic heterocycles. The smallest absolute Gasteiger partial charge is 0.456 e. The Morgan fingerprint density at radius 3 is 1.35 bits per heavy atom. The molecule has 0 heterocycles. The van der Waals surface area contributed by atoms with Crippen molar-refractivity contribution in [2.75, 3.05) is 40.9 Å². The number of rotatable bonds is 52. The number of phosphoric ester groups is 1. The highest BCUT2D eigenvalue weighted by Crippen LogP contribution is 2.43. The number of nitrogens with zero attached hydrogens (tertiary/aromatic N) is 1. The Balaban J connectivity index is 5.40. The van der Waals surface area contributed by atoms with Crippen LogP contribution in [0.4, 0.5) is 0 Å². The van der Waals surface area contributed by atoms with Crippen LogP contribution in [-0.4, -0.2) is 74.3 Å². The number of amides is 1. The molecule has 0 bridgehead atoms. The zero-order chi connectivity index (χ0) is 52.9. The summed E-state index contributed by atoms with van der Waals surface area (Å²) >= 11 is 0. The SMILES string of the molecule is CC\C=C/C=C/C=C/C=C\C=C\C=C\CCCCCC(=O)NC(COP(=O)(O)OCC[N+](C)(C)C)C(/C=C/CCCCCCCCCCCC)OC(=O)CCCCCCCCCCCCCCCCCCC. The molecule has 0 aromatic rings. The molecular formula is C62H112N2O7P+. The molecule has 0 radical (unpaired) electrons. The monoisotopic (exact) mass is 1030 g/mol. The van der Waals surface area contributed by atoms with Crippen LogP contribution in [-0.2, 0) is 27.9 Å². The second-order valence-electron chi connectivity index (χ2n) is 20.9. The number of esters is 1. The van der Waals surface area contributed by atoms with Crippen molar-refractivity contribution in [3.8, 4) is 0 Å². The van der Waals surface area contributed by atoms with E-state index in [2.05, 4.69) is 38.2 Å². The van der Waals surface area contributed by atoms with Gasteiger partial charge in [0.05, 0.1) is 33.8 Å². The molecule has 72 heavy (non-hydrogen) atoms. The molecule has 0 aromatic carbocycles. The van der Waals surface area contributed by atoms with E-state index < -0.39 is 20.0 Å². The Labute approximate surface area is 444 Å². The van der Waals surface area contributed by atoms with Gasteiger partial charge in [0.2, 0.25) is 5.91 Å². The van der Waals surface area contributed by atoms with E-state index in [9.17, 15) is 19.0 Å². The Morgan fingerprint density at radius 1 is 0.500 bits per heavy atom. The van der Waals surface area contributed by atoms with Crippen LogP contribution in [0.25, 0.3) is 0 Å². The minimum atomic E-state index is -4.46. The van der Waals surface area contributed by atoms with Crippen LogP contribution in [0.15, 0.2) is 85.1 Å². The van der Waals surface area contributed by atoms with Crippen molar-refractivity contribution in [3.05, 3.63) is 85.1 Å². The second kappa shape index (κ2) is 51.7. The second-order valence-corrected chi connectivity index (χ2v) is 22.4. The van der Waals surface area contributed by atoms with E-state index in [1.807, 2.05) is 94.1 Å². The van der Waals surface area contributed by atoms with Crippen molar-refractivity contribution in [2.45, 2.75) is 258 Å². The van der Waals surface area contributed by atoms with Gasteiger partial charge in [-0.1, -0.05) is 267 Å². The summed E-state index contributed by atoms with van der Waals surface area (Å²) in [6.45, 7) is 6.83. The minimum absolute atomic E-state index is 0.0284. The lowest BCUT2D eigenvalue weighted by atomic mass is 10.0. The first-order valence-corrected chi connectivity index (χ1v) is 31.0. The van der Waals surface area contributed by atoms with E-state index in [4.69, 9.17) is 13.8 Å². The average molecular weight is 1030 g/mol. The summed E-state index contributed by atoms with van der Waals surface area (Å²) in [6.07, 6.45) is 67.2. The number of quaternary nitrogens is 1. The topological polar surface area (TPSA) is 111 Å². The van der Waals surface area contributed by atoms with Gasteiger partial charge in [0.15, 0.2) is 0 Å². The van der Waals surface area contributed by atoms with Gasteiger partial charge in [-0.3, -0.25) is 18.6 Å². The van der Waals surface area contributed by atoms with Crippen LogP contribution in [0.3, 0.4) is 0 Å². The van der Waals surface area contributed by atoms with E-state index in [-0.39, 0.29) is 37.9 Å². The zero-order valence-corrected chi connectivity index (χ0v) is 48.3. The molecular weight excluding hydrogens is 916 g/mol. The Morgan fingerprint density at radius 2 is 0.889 bits per heavy atom. The number of carbonyl (C=O) groups excluding carboxylic acids is 2. The van der Waals surface area contributed by atoms with Gasteiger partial charge in [0.25, 0.3) is 0 Å². The molecule has 0 spiro atoms. The fourth-order valence-corrected chi connectivity index (χ4v) is 8.94. The molecule has 0 aliphatic carbocycles. The highest BCUT2D eigenvalue weighted by Gasteiger charge is 2.30. The number of ether oxygens (including phenoxy) is 1. The molecule has 0 rings (SSSR count). The van der Waals surface area contributed by atoms with Crippen LogP contribution in [0.5, 0.6) is 0 Å². The summed E-state index contributed by atoms with van der Waals surface area (Å²) in [5.74, 6) is -0.554. The predicted molar refractivity (Wildman–Crippen MR) is 309 cm³/mol. The van der Waals surface area contributed by atoms with Crippen LogP contribution in [0.2, 0.25) is 0 Å². The summed E-state index contributed by atoms with van der Waals surface area (Å²) in [7, 11) is 1.46. The summed E-state index contributed by atoms with van der Waals surface area (Å²) in [5, 5.41) is 3.02. The number of hydrogen-bond donors (Lipinski definition) is 2. The predicted octanol–water partition coefficient (Wildman–Crippen LogP) is 17.8. The number of likely N-dealkylation sites (N-methyl/N-ethyl adjacent to an activating group) is 1. The molecule has 3 unspecified atom stereocenters. The quantitative estimate of drug-likeness (QED) is 0.0156. The molecule has 3 atom stereocenters. The van der Waals surface area contributed by atoms with E-state index in [1.165, 1.54) is 141 Å². The maximum absolute atomic E-state index is 13.5. The summed E-state index contributed by atoms with van der Waals surface area (Å²) < 4.78 is 30.6. The Hall–Kier alpha value is -2.81. The van der Waals surface area contributed by atoms with Crippen LogP contribution in [0, 0.1) is 0 Å². The summed E-state index contributed by atoms with van der Waals surface area (Å²) in [5.41, 5.74) is 0. The normalized spacial score (nSPS) is 14.4. The van der Waals surface area contributed by atoms with Gasteiger partial charge in [0.1, 0.15) is 19.3 Å². The minimum Gasteiger partial charge on any atom is -0.456 e. The van der Waals surface area contributed by atoms with E-state index in [0.29, 0.717) is 17.4 Å². The third kappa shape index (κ3) is 52.1. The number of carbonyl (C=O) groups is 2. The number of allylic oxidation sites excluding steroid dienone is 13. The standard InChI is InChI=1S/C62H111N2O7P/c1-7-10-13-16-19-22-25-28-30-32-34-36-39-42-45-48-51-54-61(65)63-59(58-70-72(67,68)69-57-56-64(4,5)6)60(53-50-47-44-41-38-27-24-21-18-15-12-9-3)71-62(66)55-52-49-46-43-40-37-35-33-31-29-26-23-20-17-14-11-8-2/h10,13,16,19,22,25,28,30,32,34,36,39,50,53,59-60H,7-9,11-12,14-15,17-18,20-21,23-24,26-27,29,31,33,35,37-38,40-49,51-52,54-58H2,1-6H3,(H-,63,65,67,68)/p+1/b13-10-,19-16+,25-22+,30-28-,34-32+,39-36+,53-50+. The molecule has 0 aliphatic rings. The van der Waals surface area contributed by atoms with Crippen LogP contribution in [0.1, 0.15) is 245 Å². The molecule has 9 nitrogen and oxygen atoms in total. The van der Waals surface area contributed by atoms with Gasteiger partial charge in [-0.25, -0.2) is 4.57 Å². The van der Waals surface area contributed by atoms with Crippen molar-refractivity contribution in [1.82, 2.24) is 5.32 Å². The molecule has 416 valence electrons. The Bertz CT molecular complexity index is 1510. The average Bonchev–Trinajstić information content (AvgIpc) is 3.34. The first kappa shape index (κ1) is 69.2. The summed E-state index contributed by atoms with van der Waals surface area (Å²) in [4.78, 5) is 37.6. The van der Waals surface area contributed by atoms with E-state index in [0.717, 1.165) is 64.2 Å². The lowest BCUT2D eigenvalue weighted by Crippen LogP contribution is -2.47. The lowest BCUT2D eigenvalue weighted by Gasteiger charge is -2.27. The van der Waals surface area contributed by atoms with Crippen molar-refractivity contribution in [3.63, 3.8) is 0 Å². The molecule has 0 fully saturated rings. The maximum atomic E-state index is 13.5. The van der Waals surface area contributed by atoms with E-state index >= 15 is 0 Å². The first-order valence-electron chi connectivity index (χ1n) is 29.5. The molecule has 1 amide bonds. The van der Waals surface area contributed by atoms with Gasteiger partial charge >= 0.3 is 13.8 Å². The molecule has 0 saturated heterocycles. The van der Waals surface area contributed by atoms with Gasteiger partial charge < -0.3 is 19.4 Å². The number of phosphoric acid groups is 1. The number of nitrogens with one attached hydrogen (secondary N) is 1. The first-order chi connectivity index (χ1) is 34.9. The highest BCUT2D eigenvalue weighted by atomic mass is 31.2. The van der Waals surface area contributed by atoms with Crippen LogP contribution < -0.4 is 5.32 Å². The lowest BCUT2D eigenvalue weighted by molar-refractivity contribution is -0.870. The molecule has 0 saturated carbocycles. The van der Waals surface area contributed by atoms with Gasteiger partial charge in [-0.2, -0.15) is 0 Å². The van der Waals surface area contributed by atoms with Crippen molar-refractivity contribution < 1.29 is 37.3 Å². The fraction of sp³-hybridized carbons (Fsp3) is 0.742. The third-order valence-electron chi connectivity index (χ3n) is 12.8. The molecule has 2 N–H and O–H groups in total. The molecule has 10 heteroatoms. The number of hydrogen-bond acceptors (Lipinski definition) is 6. The highest BCUT2D eigenvalue weighted by molar-refractivity contribution is 7.47. The van der Waals surface area contributed by atoms with Gasteiger partial charge in [0, 0.05) is 12.8 Å². The summed E-state index contributed by atoms with van der Waals surface area (Å²) in [6, 6.07) is -0.873. The largest absolute Gasteiger partial charge is 0.472 e. The van der Waals surface area contributed by atoms with Gasteiger partial charge in [-0.05, 0) is 51.0 Å². The zero-order valence-electron chi connectivity index (χ0n) is 47.4. The van der Waals surface area contributed by atoms with E-state index in [1.54, 1.807) is 0 Å². The maximum Gasteiger partial charge on any atom is 0.472 e. The van der Waals surface area contributed by atoms with Crippen molar-refractivity contribution in [1.29, 1.82) is 0 Å². The Kier molecular flexibility index (Phi) is 49.6. The third-order valence-corrected chi connectivity index (χ3v) is 13.7. The van der Waals surface area contributed by atoms with Crippen molar-refractivity contribution >= 4 is 19.7 Å². The van der Waals surface area contributed by atoms with Crippen LogP contribution >= 0.6 is 7.82 Å². The van der Waals surface area contributed by atoms with Gasteiger partial charge in [-0.15, -0.1) is 0 Å². The van der Waals surface area contributed by atoms with Crippen molar-refractivity contribution in [2.24, 2.45) is 0 Å². The fourth-order valence-electron chi connectivity index (χ4n) is 8.21.